The third-order valence-electron chi connectivity index (χ3n) is 3.20. The van der Waals surface area contributed by atoms with E-state index in [1.807, 2.05) is 36.4 Å². The van der Waals surface area contributed by atoms with Gasteiger partial charge >= 0.3 is 0 Å². The van der Waals surface area contributed by atoms with Gasteiger partial charge in [0, 0.05) is 4.47 Å². The number of carbonyl (C=O) groups is 1. The van der Waals surface area contributed by atoms with Gasteiger partial charge in [0.15, 0.2) is 0 Å². The second kappa shape index (κ2) is 7.80. The quantitative estimate of drug-likeness (QED) is 0.775. The molecule has 2 aromatic rings. The van der Waals surface area contributed by atoms with Crippen LogP contribution in [0.3, 0.4) is 0 Å². The van der Waals surface area contributed by atoms with Gasteiger partial charge in [-0.1, -0.05) is 55.0 Å². The Hall–Kier alpha value is -2.07. The van der Waals surface area contributed by atoms with Crippen LogP contribution in [0.5, 0.6) is 0 Å². The number of amides is 1. The van der Waals surface area contributed by atoms with Crippen molar-refractivity contribution in [1.29, 1.82) is 0 Å². The van der Waals surface area contributed by atoms with Gasteiger partial charge in [0.25, 0.3) is 5.91 Å². The summed E-state index contributed by atoms with van der Waals surface area (Å²) in [7, 11) is 0. The molecule has 0 spiro atoms. The first-order valence-electron chi connectivity index (χ1n) is 7.20. The first-order chi connectivity index (χ1) is 10.6. The van der Waals surface area contributed by atoms with Crippen molar-refractivity contribution < 1.29 is 4.79 Å². The van der Waals surface area contributed by atoms with E-state index in [1.54, 1.807) is 6.07 Å². The largest absolute Gasteiger partial charge is 0.298 e. The number of hydrazine groups is 1. The van der Waals surface area contributed by atoms with Crippen molar-refractivity contribution in [2.75, 3.05) is 0 Å². The SMILES string of the molecule is CCC=C(NNC(=O)c1ccccc1Br)c1ccc(C)cc1. The molecular formula is C18H19BrN2O. The summed E-state index contributed by atoms with van der Waals surface area (Å²) < 4.78 is 0.769. The lowest BCUT2D eigenvalue weighted by atomic mass is 10.1. The Labute approximate surface area is 139 Å². The van der Waals surface area contributed by atoms with Gasteiger partial charge in [0.2, 0.25) is 0 Å². The molecule has 2 N–H and O–H groups in total. The van der Waals surface area contributed by atoms with Gasteiger partial charge in [-0.25, -0.2) is 0 Å². The van der Waals surface area contributed by atoms with Crippen LogP contribution < -0.4 is 10.9 Å². The summed E-state index contributed by atoms with van der Waals surface area (Å²) in [6, 6.07) is 15.5. The molecule has 1 amide bonds. The zero-order chi connectivity index (χ0) is 15.9. The first kappa shape index (κ1) is 16.3. The van der Waals surface area contributed by atoms with Gasteiger partial charge in [-0.2, -0.15) is 0 Å². The molecule has 0 aliphatic carbocycles. The van der Waals surface area contributed by atoms with Crippen LogP contribution in [-0.2, 0) is 0 Å². The van der Waals surface area contributed by atoms with E-state index < -0.39 is 0 Å². The molecule has 0 atom stereocenters. The van der Waals surface area contributed by atoms with Crippen LogP contribution in [0.4, 0.5) is 0 Å². The van der Waals surface area contributed by atoms with E-state index in [0.717, 1.165) is 22.2 Å². The van der Waals surface area contributed by atoms with Crippen molar-refractivity contribution in [2.45, 2.75) is 20.3 Å². The van der Waals surface area contributed by atoms with Crippen molar-refractivity contribution in [2.24, 2.45) is 0 Å². The molecule has 0 aliphatic rings. The normalized spacial score (nSPS) is 11.1. The lowest BCUT2D eigenvalue weighted by Gasteiger charge is -2.13. The van der Waals surface area contributed by atoms with Crippen molar-refractivity contribution in [1.82, 2.24) is 10.9 Å². The summed E-state index contributed by atoms with van der Waals surface area (Å²) in [5, 5.41) is 0. The number of hydrogen-bond acceptors (Lipinski definition) is 2. The number of nitrogens with one attached hydrogen (secondary N) is 2. The minimum atomic E-state index is -0.179. The number of benzene rings is 2. The summed E-state index contributed by atoms with van der Waals surface area (Å²) in [6.45, 7) is 4.11. The molecule has 0 saturated carbocycles. The maximum Gasteiger partial charge on any atom is 0.270 e. The maximum absolute atomic E-state index is 12.2. The molecule has 2 rings (SSSR count). The minimum Gasteiger partial charge on any atom is -0.298 e. The highest BCUT2D eigenvalue weighted by Crippen LogP contribution is 2.16. The van der Waals surface area contributed by atoms with Crippen molar-refractivity contribution >= 4 is 27.5 Å². The average Bonchev–Trinajstić information content (AvgIpc) is 2.52. The fourth-order valence-electron chi connectivity index (χ4n) is 2.02. The van der Waals surface area contributed by atoms with E-state index in [1.165, 1.54) is 5.56 Å². The molecule has 0 radical (unpaired) electrons. The van der Waals surface area contributed by atoms with Crippen LogP contribution in [0, 0.1) is 6.92 Å². The zero-order valence-electron chi connectivity index (χ0n) is 12.7. The predicted octanol–water partition coefficient (Wildman–Crippen LogP) is 4.44. The second-order valence-corrected chi connectivity index (χ2v) is 5.81. The Kier molecular flexibility index (Phi) is 5.78. The maximum atomic E-state index is 12.2. The van der Waals surface area contributed by atoms with Crippen LogP contribution in [0.25, 0.3) is 5.70 Å². The molecule has 0 heterocycles. The van der Waals surface area contributed by atoms with Gasteiger partial charge in [-0.15, -0.1) is 0 Å². The van der Waals surface area contributed by atoms with Crippen LogP contribution in [-0.4, -0.2) is 5.91 Å². The smallest absolute Gasteiger partial charge is 0.270 e. The topological polar surface area (TPSA) is 41.1 Å². The summed E-state index contributed by atoms with van der Waals surface area (Å²) in [6.07, 6.45) is 2.92. The monoisotopic (exact) mass is 358 g/mol. The molecule has 0 saturated heterocycles. The Morgan fingerprint density at radius 2 is 1.77 bits per heavy atom. The number of halogens is 1. The molecule has 0 aliphatic heterocycles. The highest BCUT2D eigenvalue weighted by Gasteiger charge is 2.09. The predicted molar refractivity (Wildman–Crippen MR) is 94.2 cm³/mol. The van der Waals surface area contributed by atoms with E-state index >= 15 is 0 Å². The van der Waals surface area contributed by atoms with Gasteiger partial charge in [0.1, 0.15) is 0 Å². The average molecular weight is 359 g/mol. The fourth-order valence-corrected chi connectivity index (χ4v) is 2.48. The van der Waals surface area contributed by atoms with E-state index in [4.69, 9.17) is 0 Å². The van der Waals surface area contributed by atoms with Gasteiger partial charge < -0.3 is 0 Å². The van der Waals surface area contributed by atoms with Crippen LogP contribution >= 0.6 is 15.9 Å². The molecule has 4 heteroatoms. The lowest BCUT2D eigenvalue weighted by Crippen LogP contribution is -2.36. The molecule has 22 heavy (non-hydrogen) atoms. The molecule has 0 aromatic heterocycles. The Morgan fingerprint density at radius 3 is 2.41 bits per heavy atom. The van der Waals surface area contributed by atoms with E-state index in [9.17, 15) is 4.79 Å². The Bertz CT molecular complexity index is 678. The van der Waals surface area contributed by atoms with E-state index in [2.05, 4.69) is 52.8 Å². The molecular weight excluding hydrogens is 340 g/mol. The summed E-state index contributed by atoms with van der Waals surface area (Å²) in [5.41, 5.74) is 9.50. The van der Waals surface area contributed by atoms with E-state index in [-0.39, 0.29) is 5.91 Å². The molecule has 0 bridgehead atoms. The Balaban J connectivity index is 2.10. The van der Waals surface area contributed by atoms with Gasteiger partial charge in [-0.05, 0) is 47.0 Å². The zero-order valence-corrected chi connectivity index (χ0v) is 14.3. The number of carbonyl (C=O) groups excluding carboxylic acids is 1. The third-order valence-corrected chi connectivity index (χ3v) is 3.89. The molecule has 0 unspecified atom stereocenters. The number of aryl methyl sites for hydroxylation is 1. The number of hydrogen-bond donors (Lipinski definition) is 2. The highest BCUT2D eigenvalue weighted by molar-refractivity contribution is 9.10. The van der Waals surface area contributed by atoms with Crippen LogP contribution in [0.15, 0.2) is 59.1 Å². The Morgan fingerprint density at radius 1 is 1.09 bits per heavy atom. The number of allylic oxidation sites excluding steroid dienone is 1. The highest BCUT2D eigenvalue weighted by atomic mass is 79.9. The lowest BCUT2D eigenvalue weighted by molar-refractivity contribution is 0.0941. The molecule has 3 nitrogen and oxygen atoms in total. The van der Waals surface area contributed by atoms with Crippen LogP contribution in [0.2, 0.25) is 0 Å². The van der Waals surface area contributed by atoms with Crippen LogP contribution in [0.1, 0.15) is 34.8 Å². The summed E-state index contributed by atoms with van der Waals surface area (Å²) >= 11 is 3.38. The summed E-state index contributed by atoms with van der Waals surface area (Å²) in [5.74, 6) is -0.179. The standard InChI is InChI=1S/C18H19BrN2O/c1-3-6-17(14-11-9-13(2)10-12-14)20-21-18(22)15-7-4-5-8-16(15)19/h4-12,20H,3H2,1-2H3,(H,21,22). The molecule has 0 fully saturated rings. The second-order valence-electron chi connectivity index (χ2n) is 4.95. The molecule has 2 aromatic carbocycles. The van der Waals surface area contributed by atoms with E-state index in [0.29, 0.717) is 5.56 Å². The fraction of sp³-hybridized carbons (Fsp3) is 0.167. The number of rotatable bonds is 5. The minimum absolute atomic E-state index is 0.179. The van der Waals surface area contributed by atoms with Crippen molar-refractivity contribution in [3.8, 4) is 0 Å². The van der Waals surface area contributed by atoms with Gasteiger partial charge in [-0.3, -0.25) is 15.6 Å². The third kappa shape index (κ3) is 4.21. The molecule has 114 valence electrons. The van der Waals surface area contributed by atoms with Gasteiger partial charge in [0.05, 0.1) is 11.3 Å². The summed E-state index contributed by atoms with van der Waals surface area (Å²) in [4.78, 5) is 12.2. The first-order valence-corrected chi connectivity index (χ1v) is 7.99. The van der Waals surface area contributed by atoms with Crippen molar-refractivity contribution in [3.63, 3.8) is 0 Å². The van der Waals surface area contributed by atoms with Crippen molar-refractivity contribution in [3.05, 3.63) is 75.8 Å².